The molecule has 0 saturated heterocycles. The van der Waals surface area contributed by atoms with E-state index in [-0.39, 0.29) is 0 Å². The summed E-state index contributed by atoms with van der Waals surface area (Å²) in [5.41, 5.74) is 1.03. The lowest BCUT2D eigenvalue weighted by molar-refractivity contribution is 0.314. The summed E-state index contributed by atoms with van der Waals surface area (Å²) >= 11 is 12.2. The summed E-state index contributed by atoms with van der Waals surface area (Å²) in [6.45, 7) is 4.77. The fourth-order valence-corrected chi connectivity index (χ4v) is 2.17. The minimum absolute atomic E-state index is 0.578. The molecule has 0 aliphatic heterocycles. The normalized spacial score (nSPS) is 9.78. The van der Waals surface area contributed by atoms with E-state index < -0.39 is 0 Å². The van der Waals surface area contributed by atoms with Crippen molar-refractivity contribution in [3.8, 4) is 17.6 Å². The minimum Gasteiger partial charge on any atom is -0.492 e. The number of hydrogen-bond donors (Lipinski definition) is 0. The van der Waals surface area contributed by atoms with Crippen molar-refractivity contribution in [3.05, 3.63) is 27.7 Å². The smallest absolute Gasteiger partial charge is 0.141 e. The van der Waals surface area contributed by atoms with Crippen LogP contribution in [-0.2, 0) is 6.42 Å². The largest absolute Gasteiger partial charge is 0.492 e. The molecule has 18 heavy (non-hydrogen) atoms. The topological polar surface area (TPSA) is 9.23 Å². The Balaban J connectivity index is 2.85. The van der Waals surface area contributed by atoms with E-state index in [2.05, 4.69) is 18.8 Å². The molecule has 0 radical (unpaired) electrons. The number of halogens is 2. The molecule has 0 atom stereocenters. The summed E-state index contributed by atoms with van der Waals surface area (Å²) in [6.07, 6.45) is 3.45. The van der Waals surface area contributed by atoms with Gasteiger partial charge >= 0.3 is 0 Å². The maximum absolute atomic E-state index is 6.17. The van der Waals surface area contributed by atoms with E-state index in [1.54, 1.807) is 6.07 Å². The zero-order valence-electron chi connectivity index (χ0n) is 10.9. The Labute approximate surface area is 119 Å². The molecule has 0 spiro atoms. The average Bonchev–Trinajstić information content (AvgIpc) is 2.33. The molecule has 0 bridgehead atoms. The van der Waals surface area contributed by atoms with Crippen LogP contribution in [0, 0.1) is 11.8 Å². The van der Waals surface area contributed by atoms with Crippen LogP contribution in [0.25, 0.3) is 0 Å². The Morgan fingerprint density at radius 3 is 2.61 bits per heavy atom. The third-order valence-electron chi connectivity index (χ3n) is 2.36. The summed E-state index contributed by atoms with van der Waals surface area (Å²) in [7, 11) is 0. The lowest BCUT2D eigenvalue weighted by Crippen LogP contribution is -2.00. The van der Waals surface area contributed by atoms with Crippen LogP contribution < -0.4 is 4.74 Å². The number of rotatable bonds is 5. The molecular formula is C15H18Cl2O. The maximum atomic E-state index is 6.17. The molecule has 0 aliphatic carbocycles. The van der Waals surface area contributed by atoms with Crippen molar-refractivity contribution in [1.29, 1.82) is 0 Å². The maximum Gasteiger partial charge on any atom is 0.141 e. The molecule has 3 heteroatoms. The number of hydrogen-bond acceptors (Lipinski definition) is 1. The molecule has 1 rings (SSSR count). The zero-order chi connectivity index (χ0) is 13.4. The van der Waals surface area contributed by atoms with Crippen molar-refractivity contribution < 1.29 is 4.74 Å². The molecule has 0 N–H and O–H groups in total. The van der Waals surface area contributed by atoms with Crippen LogP contribution in [0.3, 0.4) is 0 Å². The molecule has 0 amide bonds. The SMILES string of the molecule is CCC#CCCc1cc(Cl)cc(Cl)c1OCCC. The van der Waals surface area contributed by atoms with Crippen molar-refractivity contribution in [1.82, 2.24) is 0 Å². The van der Waals surface area contributed by atoms with Crippen molar-refractivity contribution >= 4 is 23.2 Å². The van der Waals surface area contributed by atoms with Gasteiger partial charge in [0.25, 0.3) is 0 Å². The standard InChI is InChI=1S/C15H18Cl2O/c1-3-5-6-7-8-12-10-13(16)11-14(17)15(12)18-9-4-2/h10-11H,3-4,7-9H2,1-2H3. The van der Waals surface area contributed by atoms with Gasteiger partial charge in [0.2, 0.25) is 0 Å². The summed E-state index contributed by atoms with van der Waals surface area (Å²) in [6, 6.07) is 3.63. The first kappa shape index (κ1) is 15.2. The van der Waals surface area contributed by atoms with Gasteiger partial charge in [-0.2, -0.15) is 0 Å². The van der Waals surface area contributed by atoms with Crippen molar-refractivity contribution in [3.63, 3.8) is 0 Å². The predicted octanol–water partition coefficient (Wildman–Crippen LogP) is 5.13. The highest BCUT2D eigenvalue weighted by Gasteiger charge is 2.10. The van der Waals surface area contributed by atoms with E-state index in [4.69, 9.17) is 27.9 Å². The third-order valence-corrected chi connectivity index (χ3v) is 2.86. The van der Waals surface area contributed by atoms with Crippen LogP contribution in [0.1, 0.15) is 38.7 Å². The molecule has 1 aromatic rings. The van der Waals surface area contributed by atoms with Crippen LogP contribution in [0.4, 0.5) is 0 Å². The van der Waals surface area contributed by atoms with E-state index in [0.717, 1.165) is 37.0 Å². The first-order chi connectivity index (χ1) is 8.69. The van der Waals surface area contributed by atoms with Gasteiger partial charge in [-0.3, -0.25) is 0 Å². The third kappa shape index (κ3) is 4.80. The van der Waals surface area contributed by atoms with Crippen molar-refractivity contribution in [2.75, 3.05) is 6.61 Å². The van der Waals surface area contributed by atoms with Gasteiger partial charge in [-0.05, 0) is 30.5 Å². The van der Waals surface area contributed by atoms with Gasteiger partial charge in [0, 0.05) is 17.9 Å². The van der Waals surface area contributed by atoms with Crippen LogP contribution >= 0.6 is 23.2 Å². The summed E-state index contributed by atoms with van der Waals surface area (Å²) in [5.74, 6) is 6.92. The van der Waals surface area contributed by atoms with E-state index in [9.17, 15) is 0 Å². The summed E-state index contributed by atoms with van der Waals surface area (Å²) in [5, 5.41) is 1.22. The van der Waals surface area contributed by atoms with Crippen LogP contribution in [0.2, 0.25) is 10.0 Å². The van der Waals surface area contributed by atoms with E-state index in [1.165, 1.54) is 0 Å². The summed E-state index contributed by atoms with van der Waals surface area (Å²) in [4.78, 5) is 0. The van der Waals surface area contributed by atoms with Gasteiger partial charge in [-0.1, -0.05) is 37.0 Å². The Kier molecular flexibility index (Phi) is 7.01. The van der Waals surface area contributed by atoms with Gasteiger partial charge in [-0.15, -0.1) is 11.8 Å². The zero-order valence-corrected chi connectivity index (χ0v) is 12.4. The molecule has 0 aromatic heterocycles. The average molecular weight is 285 g/mol. The van der Waals surface area contributed by atoms with Crippen LogP contribution in [0.15, 0.2) is 12.1 Å². The highest BCUT2D eigenvalue weighted by molar-refractivity contribution is 6.35. The van der Waals surface area contributed by atoms with Crippen molar-refractivity contribution in [2.45, 2.75) is 39.5 Å². The quantitative estimate of drug-likeness (QED) is 0.681. The van der Waals surface area contributed by atoms with Crippen molar-refractivity contribution in [2.24, 2.45) is 0 Å². The highest BCUT2D eigenvalue weighted by atomic mass is 35.5. The Morgan fingerprint density at radius 1 is 1.17 bits per heavy atom. The Bertz CT molecular complexity index is 444. The Morgan fingerprint density at radius 2 is 1.94 bits per heavy atom. The first-order valence-corrected chi connectivity index (χ1v) is 7.01. The van der Waals surface area contributed by atoms with Gasteiger partial charge in [-0.25, -0.2) is 0 Å². The molecule has 0 fully saturated rings. The second-order valence-electron chi connectivity index (χ2n) is 3.93. The molecule has 0 aliphatic rings. The second kappa shape index (κ2) is 8.29. The summed E-state index contributed by atoms with van der Waals surface area (Å²) < 4.78 is 5.69. The Hall–Kier alpha value is -0.840. The molecule has 0 saturated carbocycles. The number of benzene rings is 1. The van der Waals surface area contributed by atoms with Gasteiger partial charge in [0.15, 0.2) is 0 Å². The molecule has 0 unspecified atom stereocenters. The van der Waals surface area contributed by atoms with Gasteiger partial charge in [0.05, 0.1) is 11.6 Å². The minimum atomic E-state index is 0.578. The van der Waals surface area contributed by atoms with Crippen LogP contribution in [-0.4, -0.2) is 6.61 Å². The molecular weight excluding hydrogens is 267 g/mol. The fraction of sp³-hybridized carbons (Fsp3) is 0.467. The fourth-order valence-electron chi connectivity index (χ4n) is 1.58. The second-order valence-corrected chi connectivity index (χ2v) is 4.78. The van der Waals surface area contributed by atoms with E-state index >= 15 is 0 Å². The van der Waals surface area contributed by atoms with Gasteiger partial charge in [0.1, 0.15) is 5.75 Å². The molecule has 0 heterocycles. The van der Waals surface area contributed by atoms with Gasteiger partial charge < -0.3 is 4.74 Å². The monoisotopic (exact) mass is 284 g/mol. The molecule has 1 nitrogen and oxygen atoms in total. The molecule has 98 valence electrons. The van der Waals surface area contributed by atoms with E-state index in [1.807, 2.05) is 13.0 Å². The lowest BCUT2D eigenvalue weighted by Gasteiger charge is -2.12. The lowest BCUT2D eigenvalue weighted by atomic mass is 10.1. The first-order valence-electron chi connectivity index (χ1n) is 6.25. The van der Waals surface area contributed by atoms with E-state index in [0.29, 0.717) is 16.7 Å². The number of ether oxygens (including phenoxy) is 1. The highest BCUT2D eigenvalue weighted by Crippen LogP contribution is 2.33. The molecule has 1 aromatic carbocycles. The number of aryl methyl sites for hydroxylation is 1. The predicted molar refractivity (Wildman–Crippen MR) is 78.6 cm³/mol. The van der Waals surface area contributed by atoms with Crippen LogP contribution in [0.5, 0.6) is 5.75 Å².